The third-order valence-corrected chi connectivity index (χ3v) is 3.88. The maximum absolute atomic E-state index is 11.6. The molecule has 0 bridgehead atoms. The first-order valence-electron chi connectivity index (χ1n) is 7.28. The van der Waals surface area contributed by atoms with Crippen LogP contribution >= 0.6 is 0 Å². The highest BCUT2D eigenvalue weighted by Crippen LogP contribution is 2.22. The predicted molar refractivity (Wildman–Crippen MR) is 71.4 cm³/mol. The molecule has 0 radical (unpaired) electrons. The van der Waals surface area contributed by atoms with Crippen LogP contribution in [-0.2, 0) is 9.53 Å². The number of hydrogen-bond acceptors (Lipinski definition) is 4. The van der Waals surface area contributed by atoms with Gasteiger partial charge in [0.1, 0.15) is 6.04 Å². The third kappa shape index (κ3) is 3.69. The van der Waals surface area contributed by atoms with E-state index in [-0.39, 0.29) is 12.0 Å². The number of carbonyl (C=O) groups excluding carboxylic acids is 1. The number of ether oxygens (including phenoxy) is 1. The molecule has 1 N–H and O–H groups in total. The van der Waals surface area contributed by atoms with E-state index in [9.17, 15) is 4.79 Å². The van der Waals surface area contributed by atoms with Gasteiger partial charge in [-0.2, -0.15) is 0 Å². The van der Waals surface area contributed by atoms with Gasteiger partial charge in [-0.05, 0) is 44.3 Å². The monoisotopic (exact) mass is 254 g/mol. The lowest BCUT2D eigenvalue weighted by Crippen LogP contribution is -2.47. The predicted octanol–water partition coefficient (Wildman–Crippen LogP) is 1.26. The third-order valence-electron chi connectivity index (χ3n) is 3.88. The molecule has 0 aliphatic carbocycles. The van der Waals surface area contributed by atoms with Crippen molar-refractivity contribution in [2.75, 3.05) is 32.8 Å². The van der Waals surface area contributed by atoms with Crippen molar-refractivity contribution in [1.82, 2.24) is 10.2 Å². The van der Waals surface area contributed by atoms with Gasteiger partial charge in [0.25, 0.3) is 0 Å². The van der Waals surface area contributed by atoms with Gasteiger partial charge in [-0.1, -0.05) is 13.8 Å². The number of piperidine rings is 1. The maximum Gasteiger partial charge on any atom is 0.323 e. The zero-order valence-electron chi connectivity index (χ0n) is 11.7. The summed E-state index contributed by atoms with van der Waals surface area (Å²) in [4.78, 5) is 13.9. The van der Waals surface area contributed by atoms with Gasteiger partial charge in [0.15, 0.2) is 0 Å². The van der Waals surface area contributed by atoms with Crippen molar-refractivity contribution in [2.45, 2.75) is 39.2 Å². The molecule has 2 heterocycles. The molecule has 2 unspecified atom stereocenters. The number of nitrogens with one attached hydrogen (secondary N) is 1. The van der Waals surface area contributed by atoms with Crippen LogP contribution in [0.1, 0.15) is 33.1 Å². The summed E-state index contributed by atoms with van der Waals surface area (Å²) in [6, 6.07) is 0.0397. The number of rotatable bonds is 5. The van der Waals surface area contributed by atoms with E-state index in [1.807, 2.05) is 0 Å². The topological polar surface area (TPSA) is 41.6 Å². The minimum atomic E-state index is -0.00853. The SMILES string of the molecule is CC(C)CNCC1CCCN(C2CCOC2=O)C1. The van der Waals surface area contributed by atoms with Gasteiger partial charge in [0.2, 0.25) is 0 Å². The van der Waals surface area contributed by atoms with E-state index in [2.05, 4.69) is 24.1 Å². The van der Waals surface area contributed by atoms with Crippen molar-refractivity contribution in [2.24, 2.45) is 11.8 Å². The maximum atomic E-state index is 11.6. The minimum absolute atomic E-state index is 0.00853. The lowest BCUT2D eigenvalue weighted by Gasteiger charge is -2.35. The van der Waals surface area contributed by atoms with Crippen LogP contribution in [0, 0.1) is 11.8 Å². The molecule has 0 amide bonds. The van der Waals surface area contributed by atoms with Crippen LogP contribution < -0.4 is 5.32 Å². The highest BCUT2D eigenvalue weighted by atomic mass is 16.5. The molecule has 0 aromatic heterocycles. The molecule has 2 saturated heterocycles. The molecule has 18 heavy (non-hydrogen) atoms. The molecular formula is C14H26N2O2. The van der Waals surface area contributed by atoms with E-state index in [1.54, 1.807) is 0 Å². The number of esters is 1. The molecule has 0 aromatic rings. The number of carbonyl (C=O) groups is 1. The van der Waals surface area contributed by atoms with E-state index in [0.29, 0.717) is 18.4 Å². The zero-order valence-corrected chi connectivity index (χ0v) is 11.7. The van der Waals surface area contributed by atoms with Crippen LogP contribution in [0.15, 0.2) is 0 Å². The molecular weight excluding hydrogens is 228 g/mol. The van der Waals surface area contributed by atoms with Crippen molar-refractivity contribution in [3.8, 4) is 0 Å². The Bertz CT molecular complexity index is 281. The number of nitrogens with zero attached hydrogens (tertiary/aromatic N) is 1. The Kier molecular flexibility index (Phi) is 5.01. The Labute approximate surface area is 110 Å². The van der Waals surface area contributed by atoms with Crippen molar-refractivity contribution < 1.29 is 9.53 Å². The van der Waals surface area contributed by atoms with E-state index < -0.39 is 0 Å². The van der Waals surface area contributed by atoms with Crippen molar-refractivity contribution >= 4 is 5.97 Å². The average molecular weight is 254 g/mol. The van der Waals surface area contributed by atoms with Crippen LogP contribution in [0.4, 0.5) is 0 Å². The second-order valence-electron chi connectivity index (χ2n) is 6.03. The van der Waals surface area contributed by atoms with Gasteiger partial charge in [-0.15, -0.1) is 0 Å². The van der Waals surface area contributed by atoms with Crippen molar-refractivity contribution in [3.05, 3.63) is 0 Å². The Balaban J connectivity index is 1.75. The highest BCUT2D eigenvalue weighted by molar-refractivity contribution is 5.77. The summed E-state index contributed by atoms with van der Waals surface area (Å²) in [6.45, 7) is 9.34. The lowest BCUT2D eigenvalue weighted by molar-refractivity contribution is -0.142. The fourth-order valence-corrected chi connectivity index (χ4v) is 2.94. The number of cyclic esters (lactones) is 1. The first-order valence-corrected chi connectivity index (χ1v) is 7.28. The number of likely N-dealkylation sites (tertiary alicyclic amines) is 1. The van der Waals surface area contributed by atoms with Crippen molar-refractivity contribution in [1.29, 1.82) is 0 Å². The molecule has 2 aliphatic heterocycles. The fraction of sp³-hybridized carbons (Fsp3) is 0.929. The highest BCUT2D eigenvalue weighted by Gasteiger charge is 2.34. The van der Waals surface area contributed by atoms with Crippen LogP contribution in [0.25, 0.3) is 0 Å². The van der Waals surface area contributed by atoms with Crippen molar-refractivity contribution in [3.63, 3.8) is 0 Å². The van der Waals surface area contributed by atoms with E-state index in [1.165, 1.54) is 12.8 Å². The fourth-order valence-electron chi connectivity index (χ4n) is 2.94. The Morgan fingerprint density at radius 1 is 1.44 bits per heavy atom. The average Bonchev–Trinajstić information content (AvgIpc) is 2.75. The summed E-state index contributed by atoms with van der Waals surface area (Å²) in [7, 11) is 0. The van der Waals surface area contributed by atoms with Crippen LogP contribution in [0.2, 0.25) is 0 Å². The summed E-state index contributed by atoms with van der Waals surface area (Å²) in [5.74, 6) is 1.38. The molecule has 4 heteroatoms. The van der Waals surface area contributed by atoms with E-state index in [4.69, 9.17) is 4.74 Å². The van der Waals surface area contributed by atoms with E-state index >= 15 is 0 Å². The molecule has 2 atom stereocenters. The Hall–Kier alpha value is -0.610. The summed E-state index contributed by atoms with van der Waals surface area (Å²) in [5.41, 5.74) is 0. The van der Waals surface area contributed by atoms with Crippen LogP contribution in [0.3, 0.4) is 0 Å². The number of hydrogen-bond donors (Lipinski definition) is 1. The summed E-state index contributed by atoms with van der Waals surface area (Å²) < 4.78 is 5.07. The van der Waals surface area contributed by atoms with Crippen LogP contribution in [-0.4, -0.2) is 49.7 Å². The second-order valence-corrected chi connectivity index (χ2v) is 6.03. The first kappa shape index (κ1) is 13.8. The summed E-state index contributed by atoms with van der Waals surface area (Å²) in [6.07, 6.45) is 3.37. The molecule has 2 fully saturated rings. The molecule has 2 aliphatic rings. The van der Waals surface area contributed by atoms with Gasteiger partial charge >= 0.3 is 5.97 Å². The molecule has 104 valence electrons. The zero-order chi connectivity index (χ0) is 13.0. The normalized spacial score (nSPS) is 29.8. The van der Waals surface area contributed by atoms with Crippen LogP contribution in [0.5, 0.6) is 0 Å². The van der Waals surface area contributed by atoms with Gasteiger partial charge < -0.3 is 10.1 Å². The Morgan fingerprint density at radius 3 is 2.94 bits per heavy atom. The van der Waals surface area contributed by atoms with Gasteiger partial charge in [-0.3, -0.25) is 9.69 Å². The quantitative estimate of drug-likeness (QED) is 0.750. The molecule has 2 rings (SSSR count). The Morgan fingerprint density at radius 2 is 2.28 bits per heavy atom. The van der Waals surface area contributed by atoms with Gasteiger partial charge in [0, 0.05) is 13.0 Å². The smallest absolute Gasteiger partial charge is 0.323 e. The first-order chi connectivity index (χ1) is 8.66. The van der Waals surface area contributed by atoms with E-state index in [0.717, 1.165) is 32.6 Å². The molecule has 0 aromatic carbocycles. The van der Waals surface area contributed by atoms with Gasteiger partial charge in [0.05, 0.1) is 6.61 Å². The molecule has 0 spiro atoms. The van der Waals surface area contributed by atoms with Gasteiger partial charge in [-0.25, -0.2) is 0 Å². The standard InChI is InChI=1S/C14H26N2O2/c1-11(2)8-15-9-12-4-3-6-16(10-12)13-5-7-18-14(13)17/h11-13,15H,3-10H2,1-2H3. The summed E-state index contributed by atoms with van der Waals surface area (Å²) >= 11 is 0. The lowest BCUT2D eigenvalue weighted by atomic mass is 9.96. The summed E-state index contributed by atoms with van der Waals surface area (Å²) in [5, 5.41) is 3.53. The minimum Gasteiger partial charge on any atom is -0.464 e. The second kappa shape index (κ2) is 6.53. The largest absolute Gasteiger partial charge is 0.464 e. The molecule has 0 saturated carbocycles. The molecule has 4 nitrogen and oxygen atoms in total.